The average Bonchev–Trinajstić information content (AvgIpc) is 2.89. The van der Waals surface area contributed by atoms with Gasteiger partial charge in [0.05, 0.1) is 24.7 Å². The van der Waals surface area contributed by atoms with Crippen molar-refractivity contribution in [1.29, 1.82) is 0 Å². The fourth-order valence-electron chi connectivity index (χ4n) is 4.20. The summed E-state index contributed by atoms with van der Waals surface area (Å²) >= 11 is 6.04. The number of hydrogen-bond donors (Lipinski definition) is 0. The lowest BCUT2D eigenvalue weighted by atomic mass is 9.63. The quantitative estimate of drug-likeness (QED) is 0.471. The summed E-state index contributed by atoms with van der Waals surface area (Å²) in [5.41, 5.74) is 0.644. The van der Waals surface area contributed by atoms with Crippen LogP contribution < -0.4 is 4.74 Å². The summed E-state index contributed by atoms with van der Waals surface area (Å²) in [5, 5.41) is 5.79. The van der Waals surface area contributed by atoms with Gasteiger partial charge in [0, 0.05) is 10.6 Å². The first-order valence-electron chi connectivity index (χ1n) is 8.62. The van der Waals surface area contributed by atoms with Gasteiger partial charge in [-0.1, -0.05) is 23.8 Å². The third-order valence-electron chi connectivity index (χ3n) is 5.32. The van der Waals surface area contributed by atoms with Gasteiger partial charge in [-0.3, -0.25) is 9.59 Å². The zero-order chi connectivity index (χ0) is 17.6. The summed E-state index contributed by atoms with van der Waals surface area (Å²) in [6.45, 7) is 2.39. The number of rotatable bonds is 4. The molecule has 25 heavy (non-hydrogen) atoms. The molecule has 0 radical (unpaired) electrons. The smallest absolute Gasteiger partial charge is 0.254 e. The largest absolute Gasteiger partial charge is 0.493 e. The normalized spacial score (nSPS) is 30.4. The monoisotopic (exact) mass is 358 g/mol. The van der Waals surface area contributed by atoms with E-state index in [0.29, 0.717) is 22.9 Å². The van der Waals surface area contributed by atoms with Crippen LogP contribution in [-0.2, 0) is 9.59 Å². The number of benzene rings is 1. The molecular formula is C19H19ClN2O3. The SMILES string of the molecule is CCOc1ccc(Cl)cc1/C=N\N1C(=O)[C@H]2[C@H](C1=O)[C@H]1C=C[C@H]2CC1. The third kappa shape index (κ3) is 2.67. The molecule has 4 atom stereocenters. The Morgan fingerprint density at radius 1 is 1.20 bits per heavy atom. The summed E-state index contributed by atoms with van der Waals surface area (Å²) in [7, 11) is 0. The number of hydrogen-bond acceptors (Lipinski definition) is 4. The highest BCUT2D eigenvalue weighted by atomic mass is 35.5. The molecule has 1 saturated carbocycles. The molecule has 5 nitrogen and oxygen atoms in total. The number of nitrogens with zero attached hydrogens (tertiary/aromatic N) is 2. The molecule has 0 spiro atoms. The second-order valence-electron chi connectivity index (χ2n) is 6.69. The first-order chi connectivity index (χ1) is 12.1. The van der Waals surface area contributed by atoms with E-state index in [-0.39, 0.29) is 35.5 Å². The first kappa shape index (κ1) is 16.3. The van der Waals surface area contributed by atoms with E-state index in [2.05, 4.69) is 17.3 Å². The highest BCUT2D eigenvalue weighted by Crippen LogP contribution is 2.49. The average molecular weight is 359 g/mol. The van der Waals surface area contributed by atoms with Crippen molar-refractivity contribution in [3.05, 3.63) is 40.9 Å². The topological polar surface area (TPSA) is 59.0 Å². The van der Waals surface area contributed by atoms with Gasteiger partial charge >= 0.3 is 0 Å². The Hall–Kier alpha value is -2.14. The minimum atomic E-state index is -0.251. The van der Waals surface area contributed by atoms with E-state index in [9.17, 15) is 9.59 Å². The predicted octanol–water partition coefficient (Wildman–Crippen LogP) is 3.27. The Morgan fingerprint density at radius 2 is 1.84 bits per heavy atom. The van der Waals surface area contributed by atoms with Crippen LogP contribution >= 0.6 is 11.6 Å². The highest BCUT2D eigenvalue weighted by Gasteiger charge is 2.56. The molecule has 1 saturated heterocycles. The van der Waals surface area contributed by atoms with Gasteiger partial charge in [-0.15, -0.1) is 0 Å². The number of imide groups is 1. The van der Waals surface area contributed by atoms with E-state index in [4.69, 9.17) is 16.3 Å². The lowest BCUT2D eigenvalue weighted by Gasteiger charge is -2.37. The number of carbonyl (C=O) groups excluding carboxylic acids is 2. The maximum Gasteiger partial charge on any atom is 0.254 e. The Morgan fingerprint density at radius 3 is 2.40 bits per heavy atom. The van der Waals surface area contributed by atoms with E-state index in [1.807, 2.05) is 6.92 Å². The standard InChI is InChI=1S/C19H19ClN2O3/c1-2-25-15-8-7-14(20)9-13(15)10-21-22-18(23)16-11-3-4-12(6-5-11)17(16)19(22)24/h3-4,7-12,16-17H,2,5-6H2,1H3/b21-10-/t11-,12-,16+,17+/m0/s1. The predicted molar refractivity (Wildman–Crippen MR) is 94.4 cm³/mol. The Bertz CT molecular complexity index is 757. The Labute approximate surface area is 151 Å². The number of halogens is 1. The maximum absolute atomic E-state index is 12.7. The molecule has 0 aromatic heterocycles. The van der Waals surface area contributed by atoms with E-state index < -0.39 is 0 Å². The van der Waals surface area contributed by atoms with Gasteiger partial charge in [0.15, 0.2) is 0 Å². The van der Waals surface area contributed by atoms with Crippen molar-refractivity contribution < 1.29 is 14.3 Å². The van der Waals surface area contributed by atoms with Crippen LogP contribution in [0.1, 0.15) is 25.3 Å². The number of ether oxygens (including phenoxy) is 1. The molecule has 2 bridgehead atoms. The van der Waals surface area contributed by atoms with Crippen LogP contribution in [0.4, 0.5) is 0 Å². The zero-order valence-corrected chi connectivity index (χ0v) is 14.6. The molecule has 2 amide bonds. The molecule has 1 aromatic carbocycles. The molecule has 3 aliphatic carbocycles. The minimum Gasteiger partial charge on any atom is -0.493 e. The second kappa shape index (κ2) is 6.30. The van der Waals surface area contributed by atoms with Crippen molar-refractivity contribution in [3.63, 3.8) is 0 Å². The molecule has 5 rings (SSSR count). The number of fused-ring (bicyclic) bond motifs is 1. The summed E-state index contributed by atoms with van der Waals surface area (Å²) < 4.78 is 5.55. The van der Waals surface area contributed by atoms with Gasteiger partial charge in [-0.05, 0) is 49.8 Å². The summed E-state index contributed by atoms with van der Waals surface area (Å²) in [5.74, 6) is 0.0660. The van der Waals surface area contributed by atoms with Gasteiger partial charge in [-0.2, -0.15) is 10.1 Å². The van der Waals surface area contributed by atoms with E-state index >= 15 is 0 Å². The molecule has 0 unspecified atom stereocenters. The van der Waals surface area contributed by atoms with Gasteiger partial charge in [0.25, 0.3) is 11.8 Å². The first-order valence-corrected chi connectivity index (χ1v) is 9.00. The van der Waals surface area contributed by atoms with Gasteiger partial charge in [0.2, 0.25) is 0 Å². The molecule has 1 aliphatic heterocycles. The van der Waals surface area contributed by atoms with Crippen LogP contribution in [-0.4, -0.2) is 29.6 Å². The lowest BCUT2D eigenvalue weighted by Crippen LogP contribution is -2.38. The van der Waals surface area contributed by atoms with Crippen molar-refractivity contribution in [2.45, 2.75) is 19.8 Å². The van der Waals surface area contributed by atoms with Crippen LogP contribution in [0.2, 0.25) is 5.02 Å². The number of amides is 2. The van der Waals surface area contributed by atoms with Crippen molar-refractivity contribution in [1.82, 2.24) is 5.01 Å². The van der Waals surface area contributed by atoms with Crippen LogP contribution in [0.3, 0.4) is 0 Å². The van der Waals surface area contributed by atoms with E-state index in [1.165, 1.54) is 6.21 Å². The minimum absolute atomic E-state index is 0.164. The van der Waals surface area contributed by atoms with Crippen LogP contribution in [0.15, 0.2) is 35.5 Å². The van der Waals surface area contributed by atoms with Gasteiger partial charge in [-0.25, -0.2) is 0 Å². The van der Waals surface area contributed by atoms with Crippen molar-refractivity contribution in [2.24, 2.45) is 28.8 Å². The number of allylic oxidation sites excluding steroid dienone is 2. The summed E-state index contributed by atoms with van der Waals surface area (Å²) in [6, 6.07) is 5.19. The summed E-state index contributed by atoms with van der Waals surface area (Å²) in [6.07, 6.45) is 7.62. The lowest BCUT2D eigenvalue weighted by molar-refractivity contribution is -0.140. The van der Waals surface area contributed by atoms with Crippen LogP contribution in [0.25, 0.3) is 0 Å². The number of carbonyl (C=O) groups is 2. The molecule has 1 aromatic rings. The molecule has 4 aliphatic rings. The number of hydrazone groups is 1. The Balaban J connectivity index is 1.62. The molecule has 0 N–H and O–H groups in total. The van der Waals surface area contributed by atoms with E-state index in [0.717, 1.165) is 17.9 Å². The van der Waals surface area contributed by atoms with Gasteiger partial charge in [0.1, 0.15) is 5.75 Å². The molecule has 1 heterocycles. The van der Waals surface area contributed by atoms with E-state index in [1.54, 1.807) is 18.2 Å². The van der Waals surface area contributed by atoms with Crippen molar-refractivity contribution in [3.8, 4) is 5.75 Å². The van der Waals surface area contributed by atoms with Crippen molar-refractivity contribution in [2.75, 3.05) is 6.61 Å². The molecule has 2 fully saturated rings. The zero-order valence-electron chi connectivity index (χ0n) is 13.9. The second-order valence-corrected chi connectivity index (χ2v) is 7.13. The van der Waals surface area contributed by atoms with Crippen LogP contribution in [0, 0.1) is 23.7 Å². The highest BCUT2D eigenvalue weighted by molar-refractivity contribution is 6.30. The maximum atomic E-state index is 12.7. The van der Waals surface area contributed by atoms with Crippen LogP contribution in [0.5, 0.6) is 5.75 Å². The fraction of sp³-hybridized carbons (Fsp3) is 0.421. The fourth-order valence-corrected chi connectivity index (χ4v) is 4.38. The third-order valence-corrected chi connectivity index (χ3v) is 5.56. The van der Waals surface area contributed by atoms with Crippen molar-refractivity contribution >= 4 is 29.6 Å². The summed E-state index contributed by atoms with van der Waals surface area (Å²) in [4.78, 5) is 25.5. The Kier molecular flexibility index (Phi) is 4.12. The molecular weight excluding hydrogens is 340 g/mol. The van der Waals surface area contributed by atoms with Gasteiger partial charge < -0.3 is 4.74 Å². The molecule has 6 heteroatoms. The molecule has 130 valence electrons.